The first-order valence-corrected chi connectivity index (χ1v) is 14.4. The molecule has 0 spiro atoms. The number of allylic oxidation sites excluding steroid dienone is 4. The number of rotatable bonds is 2. The van der Waals surface area contributed by atoms with Crippen LogP contribution in [-0.4, -0.2) is 9.97 Å². The van der Waals surface area contributed by atoms with Crippen molar-refractivity contribution >= 4 is 58.8 Å². The number of fused-ring (bicyclic) bond motifs is 7. The second-order valence-corrected chi connectivity index (χ2v) is 11.6. The van der Waals surface area contributed by atoms with Gasteiger partial charge in [-0.2, -0.15) is 0 Å². The van der Waals surface area contributed by atoms with Gasteiger partial charge in [0.05, 0.1) is 16.6 Å². The van der Waals surface area contributed by atoms with Crippen molar-refractivity contribution in [3.63, 3.8) is 0 Å². The van der Waals surface area contributed by atoms with Crippen LogP contribution in [0, 0.1) is 0 Å². The minimum absolute atomic E-state index is 0.335. The van der Waals surface area contributed by atoms with Gasteiger partial charge in [-0.05, 0) is 71.7 Å². The molecule has 4 heteroatoms. The van der Waals surface area contributed by atoms with Gasteiger partial charge in [-0.3, -0.25) is 4.98 Å². The smallest absolute Gasteiger partial charge is 0.229 e. The van der Waals surface area contributed by atoms with Crippen molar-refractivity contribution in [2.45, 2.75) is 12.3 Å². The molecule has 1 aliphatic carbocycles. The number of nitrogens with zero attached hydrogens (tertiary/aromatic N) is 2. The van der Waals surface area contributed by atoms with Crippen molar-refractivity contribution in [2.24, 2.45) is 0 Å². The van der Waals surface area contributed by atoms with Crippen LogP contribution < -0.4 is 4.74 Å². The molecule has 0 N–H and O–H groups in total. The topological polar surface area (TPSA) is 35.0 Å². The van der Waals surface area contributed by atoms with Crippen molar-refractivity contribution < 1.29 is 4.74 Å². The van der Waals surface area contributed by atoms with E-state index in [2.05, 4.69) is 91.0 Å². The molecule has 0 radical (unpaired) electrons. The Hall–Kier alpha value is -4.80. The molecule has 4 aromatic carbocycles. The molecule has 2 aliphatic rings. The molecule has 3 nitrogen and oxygen atoms in total. The van der Waals surface area contributed by atoms with Crippen LogP contribution in [-0.2, 0) is 0 Å². The summed E-state index contributed by atoms with van der Waals surface area (Å²) in [4.78, 5) is 9.67. The maximum atomic E-state index is 6.25. The average molecular weight is 531 g/mol. The number of hydrogen-bond donors (Lipinski definition) is 0. The Labute approximate surface area is 234 Å². The summed E-state index contributed by atoms with van der Waals surface area (Å²) in [5, 5.41) is 5.92. The zero-order valence-electron chi connectivity index (χ0n) is 21.5. The van der Waals surface area contributed by atoms with E-state index >= 15 is 0 Å². The van der Waals surface area contributed by atoms with Crippen LogP contribution in [0.2, 0.25) is 0 Å². The zero-order valence-corrected chi connectivity index (χ0v) is 22.3. The fourth-order valence-electron chi connectivity index (χ4n) is 6.31. The Morgan fingerprint density at radius 1 is 0.775 bits per heavy atom. The molecule has 1 aliphatic heterocycles. The van der Waals surface area contributed by atoms with E-state index in [-0.39, 0.29) is 0 Å². The standard InChI is InChI=1S/C36H22N2OS/c1-3-10-31-27(9-1)35-34-26(16-17-37-35)28-19-23(12-14-30(28)38-36(34)39-31)21-6-5-7-22(18-21)24-13-15-33-29(20-24)25-8-2-4-11-32(25)40-33/h1-6,8-20,22H,7H2. The molecule has 40 heavy (non-hydrogen) atoms. The van der Waals surface area contributed by atoms with Gasteiger partial charge in [0.15, 0.2) is 0 Å². The quantitative estimate of drug-likeness (QED) is 0.209. The predicted molar refractivity (Wildman–Crippen MR) is 166 cm³/mol. The number of ether oxygens (including phenoxy) is 1. The summed E-state index contributed by atoms with van der Waals surface area (Å²) in [5.74, 6) is 1.77. The summed E-state index contributed by atoms with van der Waals surface area (Å²) in [7, 11) is 0. The van der Waals surface area contributed by atoms with Crippen molar-refractivity contribution in [3.8, 4) is 22.9 Å². The van der Waals surface area contributed by atoms with E-state index in [4.69, 9.17) is 14.7 Å². The lowest BCUT2D eigenvalue weighted by Gasteiger charge is -2.21. The van der Waals surface area contributed by atoms with E-state index in [0.29, 0.717) is 11.8 Å². The van der Waals surface area contributed by atoms with E-state index in [0.717, 1.165) is 45.1 Å². The monoisotopic (exact) mass is 530 g/mol. The molecule has 0 saturated heterocycles. The van der Waals surface area contributed by atoms with Gasteiger partial charge >= 0.3 is 0 Å². The third kappa shape index (κ3) is 3.23. The second kappa shape index (κ2) is 8.35. The number of hydrogen-bond acceptors (Lipinski definition) is 4. The largest absolute Gasteiger partial charge is 0.438 e. The van der Waals surface area contributed by atoms with Crippen LogP contribution in [0.25, 0.3) is 58.7 Å². The summed E-state index contributed by atoms with van der Waals surface area (Å²) >= 11 is 1.87. The van der Waals surface area contributed by atoms with Crippen LogP contribution >= 0.6 is 11.3 Å². The molecule has 0 fully saturated rings. The van der Waals surface area contributed by atoms with Gasteiger partial charge in [0.2, 0.25) is 5.88 Å². The maximum absolute atomic E-state index is 6.25. The highest BCUT2D eigenvalue weighted by atomic mass is 32.1. The highest BCUT2D eigenvalue weighted by molar-refractivity contribution is 7.25. The molecule has 0 amide bonds. The lowest BCUT2D eigenvalue weighted by Crippen LogP contribution is -2.02. The third-order valence-corrected chi connectivity index (χ3v) is 9.40. The Morgan fingerprint density at radius 2 is 1.68 bits per heavy atom. The zero-order chi connectivity index (χ0) is 26.2. The van der Waals surface area contributed by atoms with E-state index in [1.54, 1.807) is 0 Å². The third-order valence-electron chi connectivity index (χ3n) is 8.25. The van der Waals surface area contributed by atoms with Crippen LogP contribution in [0.5, 0.6) is 11.6 Å². The Kier molecular flexibility index (Phi) is 4.60. The molecular formula is C36H22N2OS. The molecular weight excluding hydrogens is 508 g/mol. The van der Waals surface area contributed by atoms with Gasteiger partial charge in [0.1, 0.15) is 5.75 Å². The first-order valence-electron chi connectivity index (χ1n) is 13.6. The molecule has 0 bridgehead atoms. The molecule has 0 saturated carbocycles. The number of pyridine rings is 2. The summed E-state index contributed by atoms with van der Waals surface area (Å²) in [6.07, 6.45) is 9.90. The van der Waals surface area contributed by atoms with E-state index in [1.165, 1.54) is 36.9 Å². The normalized spacial score (nSPS) is 15.9. The van der Waals surface area contributed by atoms with Gasteiger partial charge in [-0.1, -0.05) is 60.7 Å². The number of para-hydroxylation sites is 1. The lowest BCUT2D eigenvalue weighted by molar-refractivity contribution is 0.469. The van der Waals surface area contributed by atoms with Gasteiger partial charge in [-0.25, -0.2) is 4.98 Å². The van der Waals surface area contributed by atoms with Gasteiger partial charge in [0.25, 0.3) is 0 Å². The summed E-state index contributed by atoms with van der Waals surface area (Å²) in [6.45, 7) is 0. The van der Waals surface area contributed by atoms with Gasteiger partial charge < -0.3 is 4.74 Å². The highest BCUT2D eigenvalue weighted by Gasteiger charge is 2.24. The van der Waals surface area contributed by atoms with Crippen LogP contribution in [0.15, 0.2) is 115 Å². The molecule has 7 aromatic rings. The predicted octanol–water partition coefficient (Wildman–Crippen LogP) is 10.1. The molecule has 9 rings (SSSR count). The Balaban J connectivity index is 1.17. The van der Waals surface area contributed by atoms with Crippen molar-refractivity contribution in [1.82, 2.24) is 9.97 Å². The molecule has 1 unspecified atom stereocenters. The maximum Gasteiger partial charge on any atom is 0.229 e. The van der Waals surface area contributed by atoms with Crippen LogP contribution in [0.4, 0.5) is 0 Å². The van der Waals surface area contributed by atoms with Crippen molar-refractivity contribution in [2.75, 3.05) is 0 Å². The van der Waals surface area contributed by atoms with Crippen LogP contribution in [0.3, 0.4) is 0 Å². The molecule has 1 atom stereocenters. The van der Waals surface area contributed by atoms with Gasteiger partial charge in [0, 0.05) is 48.6 Å². The second-order valence-electron chi connectivity index (χ2n) is 10.5. The minimum Gasteiger partial charge on any atom is -0.438 e. The SMILES string of the molecule is C1=CC(c2ccc3nc4c5c(nccc5c3c2)-c2ccccc2O4)=CC(c2ccc3sc4ccccc4c3c2)C1. The first-order chi connectivity index (χ1) is 19.8. The van der Waals surface area contributed by atoms with Crippen LogP contribution in [0.1, 0.15) is 23.5 Å². The van der Waals surface area contributed by atoms with Gasteiger partial charge in [-0.15, -0.1) is 11.3 Å². The average Bonchev–Trinajstić information content (AvgIpc) is 3.39. The first kappa shape index (κ1) is 22.1. The minimum atomic E-state index is 0.335. The molecule has 188 valence electrons. The van der Waals surface area contributed by atoms with Crippen molar-refractivity contribution in [3.05, 3.63) is 127 Å². The summed E-state index contributed by atoms with van der Waals surface area (Å²) in [5.41, 5.74) is 6.67. The number of benzene rings is 4. The Morgan fingerprint density at radius 3 is 2.67 bits per heavy atom. The fraction of sp³-hybridized carbons (Fsp3) is 0.0556. The van der Waals surface area contributed by atoms with E-state index < -0.39 is 0 Å². The lowest BCUT2D eigenvalue weighted by atomic mass is 9.86. The molecule has 3 aromatic heterocycles. The Bertz CT molecular complexity index is 2240. The van der Waals surface area contributed by atoms with E-state index in [9.17, 15) is 0 Å². The number of thiophene rings is 1. The van der Waals surface area contributed by atoms with Crippen molar-refractivity contribution in [1.29, 1.82) is 0 Å². The fourth-order valence-corrected chi connectivity index (χ4v) is 7.40. The highest BCUT2D eigenvalue weighted by Crippen LogP contribution is 2.46. The molecule has 4 heterocycles. The number of aromatic nitrogens is 2. The summed E-state index contributed by atoms with van der Waals surface area (Å²) < 4.78 is 8.94. The summed E-state index contributed by atoms with van der Waals surface area (Å²) in [6, 6.07) is 32.4. The van der Waals surface area contributed by atoms with E-state index in [1.807, 2.05) is 35.7 Å².